The maximum absolute atomic E-state index is 13.4. The van der Waals surface area contributed by atoms with E-state index in [9.17, 15) is 23.2 Å². The minimum atomic E-state index is -1.02. The molecule has 10 heteroatoms. The predicted octanol–water partition coefficient (Wildman–Crippen LogP) is 3.51. The molecule has 0 aliphatic carbocycles. The Kier molecular flexibility index (Phi) is 4.30. The second kappa shape index (κ2) is 6.81. The molecule has 3 heterocycles. The van der Waals surface area contributed by atoms with Crippen molar-refractivity contribution in [1.82, 2.24) is 9.88 Å². The van der Waals surface area contributed by atoms with Gasteiger partial charge in [0, 0.05) is 12.5 Å². The highest BCUT2D eigenvalue weighted by Crippen LogP contribution is 2.43. The third-order valence-electron chi connectivity index (χ3n) is 5.72. The Morgan fingerprint density at radius 2 is 1.97 bits per heavy atom. The lowest BCUT2D eigenvalue weighted by Crippen LogP contribution is -2.63. The van der Waals surface area contributed by atoms with E-state index >= 15 is 0 Å². The molecule has 3 amide bonds. The number of carbonyl (C=O) groups excluding carboxylic acids is 3. The summed E-state index contributed by atoms with van der Waals surface area (Å²) >= 11 is 1.00. The average molecular weight is 442 g/mol. The molecule has 7 nitrogen and oxygen atoms in total. The van der Waals surface area contributed by atoms with E-state index < -0.39 is 23.2 Å². The summed E-state index contributed by atoms with van der Waals surface area (Å²) in [6, 6.07) is 8.81. The summed E-state index contributed by atoms with van der Waals surface area (Å²) in [5.41, 5.74) is 0.166. The lowest BCUT2D eigenvalue weighted by atomic mass is 9.98. The zero-order chi connectivity index (χ0) is 21.9. The maximum atomic E-state index is 13.4. The van der Waals surface area contributed by atoms with Crippen LogP contribution in [0.3, 0.4) is 0 Å². The Labute approximate surface area is 179 Å². The normalized spacial score (nSPS) is 20.2. The van der Waals surface area contributed by atoms with E-state index in [4.69, 9.17) is 0 Å². The highest BCUT2D eigenvalue weighted by molar-refractivity contribution is 7.22. The first-order valence-electron chi connectivity index (χ1n) is 9.57. The van der Waals surface area contributed by atoms with E-state index in [-0.39, 0.29) is 35.4 Å². The molecule has 1 N–H and O–H groups in total. The van der Waals surface area contributed by atoms with Gasteiger partial charge in [0.2, 0.25) is 11.8 Å². The van der Waals surface area contributed by atoms with Gasteiger partial charge in [-0.1, -0.05) is 23.5 Å². The van der Waals surface area contributed by atoms with Gasteiger partial charge >= 0.3 is 0 Å². The van der Waals surface area contributed by atoms with Crippen molar-refractivity contribution in [3.63, 3.8) is 0 Å². The van der Waals surface area contributed by atoms with Crippen LogP contribution in [0.2, 0.25) is 0 Å². The minimum Gasteiger partial charge on any atom is -0.306 e. The summed E-state index contributed by atoms with van der Waals surface area (Å²) in [6.07, 6.45) is 0.671. The number of halogens is 2. The number of nitrogens with one attached hydrogen (secondary N) is 1. The summed E-state index contributed by atoms with van der Waals surface area (Å²) in [4.78, 5) is 45.6. The molecular weight excluding hydrogens is 426 g/mol. The molecule has 3 aromatic rings. The number of para-hydroxylation sites is 1. The van der Waals surface area contributed by atoms with E-state index in [0.717, 1.165) is 23.5 Å². The van der Waals surface area contributed by atoms with Gasteiger partial charge in [0.05, 0.1) is 21.5 Å². The number of nitrogens with zero attached hydrogens (tertiary/aromatic N) is 3. The van der Waals surface area contributed by atoms with Crippen LogP contribution in [0.15, 0.2) is 36.4 Å². The second-order valence-electron chi connectivity index (χ2n) is 7.66. The molecule has 1 atom stereocenters. The molecule has 0 radical (unpaired) electrons. The van der Waals surface area contributed by atoms with Gasteiger partial charge in [-0.3, -0.25) is 19.3 Å². The fraction of sp³-hybridized carbons (Fsp3) is 0.238. The van der Waals surface area contributed by atoms with E-state index in [2.05, 4.69) is 10.3 Å². The van der Waals surface area contributed by atoms with E-state index in [1.807, 2.05) is 0 Å². The first-order chi connectivity index (χ1) is 14.8. The average Bonchev–Trinajstić information content (AvgIpc) is 3.25. The molecule has 31 heavy (non-hydrogen) atoms. The largest absolute Gasteiger partial charge is 0.306 e. The van der Waals surface area contributed by atoms with Gasteiger partial charge in [0.25, 0.3) is 5.91 Å². The van der Waals surface area contributed by atoms with Crippen LogP contribution in [0.1, 0.15) is 30.1 Å². The molecule has 1 aromatic heterocycles. The van der Waals surface area contributed by atoms with Crippen LogP contribution in [0.5, 0.6) is 0 Å². The summed E-state index contributed by atoms with van der Waals surface area (Å²) < 4.78 is 27.2. The van der Waals surface area contributed by atoms with Crippen LogP contribution in [0.4, 0.5) is 19.6 Å². The van der Waals surface area contributed by atoms with Gasteiger partial charge in [-0.15, -0.1) is 0 Å². The lowest BCUT2D eigenvalue weighted by Gasteiger charge is -2.48. The number of fused-ring (bicyclic) bond motifs is 4. The number of amides is 3. The number of carbonyl (C=O) groups is 3. The quantitative estimate of drug-likeness (QED) is 0.673. The third kappa shape index (κ3) is 2.97. The first-order valence-corrected chi connectivity index (χ1v) is 10.4. The summed E-state index contributed by atoms with van der Waals surface area (Å²) in [5, 5.41) is 2.76. The number of anilines is 2. The fourth-order valence-corrected chi connectivity index (χ4v) is 5.11. The van der Waals surface area contributed by atoms with Crippen molar-refractivity contribution in [3.8, 4) is 0 Å². The molecule has 0 spiro atoms. The smallest absolute Gasteiger partial charge is 0.258 e. The van der Waals surface area contributed by atoms with E-state index in [1.165, 1.54) is 4.90 Å². The summed E-state index contributed by atoms with van der Waals surface area (Å²) in [7, 11) is 0. The molecule has 1 unspecified atom stereocenters. The maximum Gasteiger partial charge on any atom is 0.258 e. The van der Waals surface area contributed by atoms with Crippen LogP contribution in [0, 0.1) is 11.6 Å². The number of hydrogen-bond donors (Lipinski definition) is 1. The topological polar surface area (TPSA) is 82.6 Å². The van der Waals surface area contributed by atoms with E-state index in [1.54, 1.807) is 36.1 Å². The standard InChI is InChI=1S/C21H16F2N4O3S/c1-21-7-6-18(29)27(21)15-5-3-2-4-11(15)19(30)26(21)10-17(28)25-20-24-14-8-12(22)13(23)9-16(14)31-20/h2-5,8-9H,6-7,10H2,1H3,(H,24,25,28). The molecule has 158 valence electrons. The van der Waals surface area contributed by atoms with Gasteiger partial charge in [0.1, 0.15) is 12.2 Å². The fourth-order valence-electron chi connectivity index (χ4n) is 4.22. The number of rotatable bonds is 3. The Hall–Kier alpha value is -3.40. The Morgan fingerprint density at radius 3 is 2.77 bits per heavy atom. The SMILES string of the molecule is CC12CCC(=O)N1c1ccccc1C(=O)N2CC(=O)Nc1nc2cc(F)c(F)cc2s1. The van der Waals surface area contributed by atoms with Crippen LogP contribution in [0.25, 0.3) is 10.2 Å². The van der Waals surface area contributed by atoms with Crippen molar-refractivity contribution >= 4 is 50.1 Å². The molecule has 2 aromatic carbocycles. The van der Waals surface area contributed by atoms with Crippen molar-refractivity contribution in [2.75, 3.05) is 16.8 Å². The van der Waals surface area contributed by atoms with Gasteiger partial charge in [-0.25, -0.2) is 13.8 Å². The molecule has 1 saturated heterocycles. The molecule has 2 aliphatic heterocycles. The van der Waals surface area contributed by atoms with Gasteiger partial charge < -0.3 is 10.2 Å². The molecular formula is C21H16F2N4O3S. The third-order valence-corrected chi connectivity index (χ3v) is 6.66. The molecule has 0 saturated carbocycles. The highest BCUT2D eigenvalue weighted by atomic mass is 32.1. The number of benzene rings is 2. The molecule has 5 rings (SSSR count). The van der Waals surface area contributed by atoms with Crippen LogP contribution in [-0.2, 0) is 9.59 Å². The number of thiazole rings is 1. The predicted molar refractivity (Wildman–Crippen MR) is 111 cm³/mol. The zero-order valence-electron chi connectivity index (χ0n) is 16.3. The van der Waals surface area contributed by atoms with E-state index in [0.29, 0.717) is 22.4 Å². The second-order valence-corrected chi connectivity index (χ2v) is 8.69. The Balaban J connectivity index is 1.43. The van der Waals surface area contributed by atoms with Gasteiger partial charge in [0.15, 0.2) is 16.8 Å². The van der Waals surface area contributed by atoms with Crippen molar-refractivity contribution in [2.24, 2.45) is 0 Å². The Morgan fingerprint density at radius 1 is 1.23 bits per heavy atom. The lowest BCUT2D eigenvalue weighted by molar-refractivity contribution is -0.120. The molecule has 0 bridgehead atoms. The van der Waals surface area contributed by atoms with Crippen LogP contribution < -0.4 is 10.2 Å². The van der Waals surface area contributed by atoms with Crippen LogP contribution >= 0.6 is 11.3 Å². The minimum absolute atomic E-state index is 0.108. The van der Waals surface area contributed by atoms with Crippen molar-refractivity contribution in [1.29, 1.82) is 0 Å². The monoisotopic (exact) mass is 442 g/mol. The molecule has 1 fully saturated rings. The number of hydrogen-bond acceptors (Lipinski definition) is 5. The van der Waals surface area contributed by atoms with Crippen LogP contribution in [-0.4, -0.2) is 39.8 Å². The van der Waals surface area contributed by atoms with Gasteiger partial charge in [-0.05, 0) is 31.5 Å². The zero-order valence-corrected chi connectivity index (χ0v) is 17.1. The highest BCUT2D eigenvalue weighted by Gasteiger charge is 2.53. The first kappa shape index (κ1) is 19.6. The molecule has 2 aliphatic rings. The Bertz CT molecular complexity index is 1240. The van der Waals surface area contributed by atoms with Gasteiger partial charge in [-0.2, -0.15) is 0 Å². The summed E-state index contributed by atoms with van der Waals surface area (Å²) in [5.74, 6) is -2.98. The summed E-state index contributed by atoms with van der Waals surface area (Å²) in [6.45, 7) is 1.47. The van der Waals surface area contributed by atoms with Crippen molar-refractivity contribution in [3.05, 3.63) is 53.6 Å². The number of aromatic nitrogens is 1. The van der Waals surface area contributed by atoms with Crippen molar-refractivity contribution < 1.29 is 23.2 Å². The van der Waals surface area contributed by atoms with Crippen molar-refractivity contribution in [2.45, 2.75) is 25.4 Å².